The number of carboxylic acids is 1. The highest BCUT2D eigenvalue weighted by atomic mass is 79.9. The van der Waals surface area contributed by atoms with Crippen LogP contribution in [0.5, 0.6) is 11.5 Å². The Kier molecular flexibility index (Phi) is 7.97. The van der Waals surface area contributed by atoms with Crippen LogP contribution in [0.25, 0.3) is 22.3 Å². The van der Waals surface area contributed by atoms with Crippen LogP contribution >= 0.6 is 15.9 Å². The van der Waals surface area contributed by atoms with Gasteiger partial charge in [-0.3, -0.25) is 4.79 Å². The Morgan fingerprint density at radius 2 is 1.84 bits per heavy atom. The minimum Gasteiger partial charge on any atom is -0.496 e. The minimum absolute atomic E-state index is 0.190. The number of carboxylic acid groups (broad SMARTS) is 1. The summed E-state index contributed by atoms with van der Waals surface area (Å²) < 4.78 is 12.9. The van der Waals surface area contributed by atoms with Gasteiger partial charge in [0.25, 0.3) is 5.56 Å². The maximum Gasteiger partial charge on any atom is 0.344 e. The molecule has 1 aromatic heterocycles. The fourth-order valence-corrected chi connectivity index (χ4v) is 4.52. The number of halogens is 1. The molecule has 0 amide bonds. The third kappa shape index (κ3) is 5.47. The standard InChI is InChI=1S/C29H28BrN3O5/c1-16(2)21-14-22(17(3)12-26(21)37-5)27-32-24-9-7-6-8-20(24)28(34)33(27)31-15-19-10-11-25(23(30)13-19)38-18(4)29(35)36/h6-16,18H,1-5H3,(H,35,36)/t18-/m0/s1. The van der Waals surface area contributed by atoms with Crippen LogP contribution in [-0.2, 0) is 4.79 Å². The molecule has 0 saturated carbocycles. The average molecular weight is 578 g/mol. The molecule has 1 N–H and O–H groups in total. The predicted molar refractivity (Wildman–Crippen MR) is 152 cm³/mol. The summed E-state index contributed by atoms with van der Waals surface area (Å²) in [6, 6.07) is 16.3. The average Bonchev–Trinajstić information content (AvgIpc) is 2.89. The van der Waals surface area contributed by atoms with Crippen molar-refractivity contribution >= 4 is 39.0 Å². The normalized spacial score (nSPS) is 12.3. The fourth-order valence-electron chi connectivity index (χ4n) is 4.03. The zero-order chi connectivity index (χ0) is 27.6. The highest BCUT2D eigenvalue weighted by Crippen LogP contribution is 2.34. The highest BCUT2D eigenvalue weighted by Gasteiger charge is 2.19. The second-order valence-electron chi connectivity index (χ2n) is 9.17. The minimum atomic E-state index is -1.06. The Balaban J connectivity index is 1.85. The summed E-state index contributed by atoms with van der Waals surface area (Å²) in [5.74, 6) is 0.713. The first-order chi connectivity index (χ1) is 18.1. The summed E-state index contributed by atoms with van der Waals surface area (Å²) in [7, 11) is 1.64. The van der Waals surface area contributed by atoms with Crippen LogP contribution < -0.4 is 15.0 Å². The maximum atomic E-state index is 13.6. The molecule has 0 saturated heterocycles. The number of hydrogen-bond donors (Lipinski definition) is 1. The summed E-state index contributed by atoms with van der Waals surface area (Å²) in [5.41, 5.74) is 3.64. The first kappa shape index (κ1) is 27.1. The van der Waals surface area contributed by atoms with Crippen molar-refractivity contribution in [1.29, 1.82) is 0 Å². The molecular formula is C29H28BrN3O5. The van der Waals surface area contributed by atoms with Crippen molar-refractivity contribution in [2.75, 3.05) is 7.11 Å². The third-order valence-electron chi connectivity index (χ3n) is 6.12. The van der Waals surface area contributed by atoms with Crippen molar-refractivity contribution in [3.63, 3.8) is 0 Å². The second kappa shape index (κ2) is 11.2. The van der Waals surface area contributed by atoms with Gasteiger partial charge in [-0.05, 0) is 94.9 Å². The van der Waals surface area contributed by atoms with Gasteiger partial charge in [-0.15, -0.1) is 0 Å². The van der Waals surface area contributed by atoms with E-state index in [4.69, 9.17) is 19.6 Å². The summed E-state index contributed by atoms with van der Waals surface area (Å²) >= 11 is 3.42. The van der Waals surface area contributed by atoms with Gasteiger partial charge < -0.3 is 14.6 Å². The monoisotopic (exact) mass is 577 g/mol. The van der Waals surface area contributed by atoms with Crippen LogP contribution in [0.1, 0.15) is 43.4 Å². The van der Waals surface area contributed by atoms with E-state index in [2.05, 4.69) is 34.9 Å². The molecule has 8 nitrogen and oxygen atoms in total. The number of hydrogen-bond acceptors (Lipinski definition) is 6. The molecule has 4 aromatic rings. The lowest BCUT2D eigenvalue weighted by Gasteiger charge is -2.17. The predicted octanol–water partition coefficient (Wildman–Crippen LogP) is 6.00. The largest absolute Gasteiger partial charge is 0.496 e. The lowest BCUT2D eigenvalue weighted by Crippen LogP contribution is -2.23. The van der Waals surface area contributed by atoms with Crippen molar-refractivity contribution in [2.24, 2.45) is 5.10 Å². The van der Waals surface area contributed by atoms with Gasteiger partial charge in [-0.1, -0.05) is 26.0 Å². The Bertz CT molecular complexity index is 1610. The summed E-state index contributed by atoms with van der Waals surface area (Å²) in [5, 5.41) is 14.1. The summed E-state index contributed by atoms with van der Waals surface area (Å²) in [4.78, 5) is 29.6. The number of aromatic nitrogens is 2. The SMILES string of the molecule is COc1cc(C)c(-c2nc3ccccc3c(=O)n2N=Cc2ccc(O[C@@H](C)C(=O)O)c(Br)c2)cc1C(C)C. The molecule has 0 spiro atoms. The number of aliphatic carboxylic acids is 1. The Labute approximate surface area is 228 Å². The molecule has 1 heterocycles. The van der Waals surface area contributed by atoms with Gasteiger partial charge in [-0.2, -0.15) is 9.78 Å². The van der Waals surface area contributed by atoms with Gasteiger partial charge in [0.1, 0.15) is 11.5 Å². The van der Waals surface area contributed by atoms with Crippen LogP contribution in [-0.4, -0.2) is 40.2 Å². The van der Waals surface area contributed by atoms with E-state index in [1.54, 1.807) is 43.7 Å². The molecule has 0 bridgehead atoms. The van der Waals surface area contributed by atoms with Crippen LogP contribution in [0, 0.1) is 6.92 Å². The van der Waals surface area contributed by atoms with Gasteiger partial charge in [0.05, 0.1) is 28.7 Å². The molecule has 0 radical (unpaired) electrons. The molecule has 0 aliphatic carbocycles. The molecule has 3 aromatic carbocycles. The number of benzene rings is 3. The smallest absolute Gasteiger partial charge is 0.344 e. The van der Waals surface area contributed by atoms with Gasteiger partial charge in [0.15, 0.2) is 11.9 Å². The Morgan fingerprint density at radius 1 is 1.11 bits per heavy atom. The molecular weight excluding hydrogens is 550 g/mol. The molecule has 0 unspecified atom stereocenters. The Hall–Kier alpha value is -3.98. The van der Waals surface area contributed by atoms with Crippen LogP contribution in [0.2, 0.25) is 0 Å². The summed E-state index contributed by atoms with van der Waals surface area (Å²) in [6.07, 6.45) is 0.553. The van der Waals surface area contributed by atoms with Crippen LogP contribution in [0.4, 0.5) is 0 Å². The van der Waals surface area contributed by atoms with Crippen molar-refractivity contribution in [3.8, 4) is 22.9 Å². The number of rotatable bonds is 8. The first-order valence-electron chi connectivity index (χ1n) is 12.0. The quantitative estimate of drug-likeness (QED) is 0.257. The fraction of sp³-hybridized carbons (Fsp3) is 0.241. The first-order valence-corrected chi connectivity index (χ1v) is 12.8. The van der Waals surface area contributed by atoms with Crippen LogP contribution in [0.3, 0.4) is 0 Å². The second-order valence-corrected chi connectivity index (χ2v) is 10.0. The van der Waals surface area contributed by atoms with E-state index in [9.17, 15) is 9.59 Å². The van der Waals surface area contributed by atoms with E-state index in [1.165, 1.54) is 11.6 Å². The number of fused-ring (bicyclic) bond motifs is 1. The zero-order valence-corrected chi connectivity index (χ0v) is 23.3. The molecule has 0 fully saturated rings. The number of nitrogens with zero attached hydrogens (tertiary/aromatic N) is 3. The highest BCUT2D eigenvalue weighted by molar-refractivity contribution is 9.10. The van der Waals surface area contributed by atoms with Gasteiger partial charge in [0, 0.05) is 5.56 Å². The van der Waals surface area contributed by atoms with Gasteiger partial charge in [0.2, 0.25) is 0 Å². The Morgan fingerprint density at radius 3 is 2.50 bits per heavy atom. The van der Waals surface area contributed by atoms with E-state index in [0.29, 0.717) is 32.5 Å². The number of ether oxygens (including phenoxy) is 2. The van der Waals surface area contributed by atoms with Gasteiger partial charge >= 0.3 is 5.97 Å². The zero-order valence-electron chi connectivity index (χ0n) is 21.7. The van der Waals surface area contributed by atoms with Crippen molar-refractivity contribution in [1.82, 2.24) is 9.66 Å². The van der Waals surface area contributed by atoms with Crippen LogP contribution in [0.15, 0.2) is 69.0 Å². The van der Waals surface area contributed by atoms with E-state index < -0.39 is 12.1 Å². The van der Waals surface area contributed by atoms with Crippen molar-refractivity contribution in [3.05, 3.63) is 86.1 Å². The molecule has 196 valence electrons. The summed E-state index contributed by atoms with van der Waals surface area (Å²) in [6.45, 7) is 7.57. The van der Waals surface area contributed by atoms with E-state index in [0.717, 1.165) is 22.4 Å². The van der Waals surface area contributed by atoms with Crippen molar-refractivity contribution in [2.45, 2.75) is 39.7 Å². The molecule has 9 heteroatoms. The molecule has 38 heavy (non-hydrogen) atoms. The topological polar surface area (TPSA) is 103 Å². The van der Waals surface area contributed by atoms with E-state index >= 15 is 0 Å². The van der Waals surface area contributed by atoms with Crippen molar-refractivity contribution < 1.29 is 19.4 Å². The third-order valence-corrected chi connectivity index (χ3v) is 6.74. The van der Waals surface area contributed by atoms with E-state index in [1.807, 2.05) is 31.2 Å². The molecule has 1 atom stereocenters. The molecule has 4 rings (SSSR count). The number of carbonyl (C=O) groups is 1. The van der Waals surface area contributed by atoms with Gasteiger partial charge in [-0.25, -0.2) is 9.78 Å². The number of methoxy groups -OCH3 is 1. The lowest BCUT2D eigenvalue weighted by atomic mass is 9.96. The molecule has 0 aliphatic heterocycles. The number of para-hydroxylation sites is 1. The maximum absolute atomic E-state index is 13.6. The lowest BCUT2D eigenvalue weighted by molar-refractivity contribution is -0.144. The number of aryl methyl sites for hydroxylation is 1. The molecule has 0 aliphatic rings. The van der Waals surface area contributed by atoms with E-state index in [-0.39, 0.29) is 11.5 Å².